The summed E-state index contributed by atoms with van der Waals surface area (Å²) >= 11 is 0. The van der Waals surface area contributed by atoms with Gasteiger partial charge < -0.3 is 4.74 Å². The first-order chi connectivity index (χ1) is 7.60. The number of rotatable bonds is 6. The van der Waals surface area contributed by atoms with Crippen molar-refractivity contribution in [1.82, 2.24) is 15.2 Å². The molecule has 1 heterocycles. The molecule has 5 heteroatoms. The van der Waals surface area contributed by atoms with Crippen LogP contribution < -0.4 is 11.3 Å². The fourth-order valence-electron chi connectivity index (χ4n) is 1.85. The molecule has 1 aromatic heterocycles. The first kappa shape index (κ1) is 13.2. The SMILES string of the molecule is CCOC(C(C)C)C(NN)c1cnn(C)c1. The number of aromatic nitrogens is 2. The van der Waals surface area contributed by atoms with E-state index >= 15 is 0 Å². The average Bonchev–Trinajstić information content (AvgIpc) is 2.64. The lowest BCUT2D eigenvalue weighted by Gasteiger charge is -2.28. The van der Waals surface area contributed by atoms with Crippen molar-refractivity contribution >= 4 is 0 Å². The Labute approximate surface area is 96.9 Å². The predicted octanol–water partition coefficient (Wildman–Crippen LogP) is 0.986. The van der Waals surface area contributed by atoms with Gasteiger partial charge in [0.1, 0.15) is 0 Å². The Hall–Kier alpha value is -0.910. The summed E-state index contributed by atoms with van der Waals surface area (Å²) in [6.45, 7) is 6.93. The molecule has 16 heavy (non-hydrogen) atoms. The number of ether oxygens (including phenoxy) is 1. The number of nitrogens with two attached hydrogens (primary N) is 1. The second kappa shape index (κ2) is 5.98. The number of nitrogens with zero attached hydrogens (tertiary/aromatic N) is 2. The maximum Gasteiger partial charge on any atom is 0.0806 e. The maximum absolute atomic E-state index is 5.74. The molecule has 2 atom stereocenters. The Kier molecular flexibility index (Phi) is 4.92. The van der Waals surface area contributed by atoms with E-state index in [1.165, 1.54) is 0 Å². The molecule has 0 aliphatic heterocycles. The van der Waals surface area contributed by atoms with Crippen LogP contribution in [-0.4, -0.2) is 22.5 Å². The smallest absolute Gasteiger partial charge is 0.0806 e. The van der Waals surface area contributed by atoms with Gasteiger partial charge in [-0.3, -0.25) is 16.0 Å². The summed E-state index contributed by atoms with van der Waals surface area (Å²) in [5.41, 5.74) is 3.87. The van der Waals surface area contributed by atoms with Crippen LogP contribution in [0.3, 0.4) is 0 Å². The van der Waals surface area contributed by atoms with E-state index in [2.05, 4.69) is 24.4 Å². The van der Waals surface area contributed by atoms with Crippen LogP contribution in [0.15, 0.2) is 12.4 Å². The number of nitrogens with one attached hydrogen (secondary N) is 1. The zero-order valence-electron chi connectivity index (χ0n) is 10.5. The molecule has 2 unspecified atom stereocenters. The van der Waals surface area contributed by atoms with Gasteiger partial charge in [-0.05, 0) is 12.8 Å². The molecule has 5 nitrogen and oxygen atoms in total. The summed E-state index contributed by atoms with van der Waals surface area (Å²) < 4.78 is 7.51. The average molecular weight is 226 g/mol. The molecule has 0 bridgehead atoms. The van der Waals surface area contributed by atoms with E-state index in [-0.39, 0.29) is 12.1 Å². The molecule has 0 aromatic carbocycles. The van der Waals surface area contributed by atoms with Gasteiger partial charge in [-0.2, -0.15) is 5.10 Å². The molecule has 1 rings (SSSR count). The quantitative estimate of drug-likeness (QED) is 0.561. The zero-order valence-corrected chi connectivity index (χ0v) is 10.5. The highest BCUT2D eigenvalue weighted by molar-refractivity contribution is 5.12. The summed E-state index contributed by atoms with van der Waals surface area (Å²) in [4.78, 5) is 0. The van der Waals surface area contributed by atoms with Crippen molar-refractivity contribution in [2.24, 2.45) is 18.8 Å². The molecular formula is C11H22N4O. The molecule has 0 saturated carbocycles. The molecule has 0 saturated heterocycles. The normalized spacial score (nSPS) is 15.4. The monoisotopic (exact) mass is 226 g/mol. The lowest BCUT2D eigenvalue weighted by Crippen LogP contribution is -2.40. The number of hydrazine groups is 1. The Balaban J connectivity index is 2.85. The molecule has 92 valence electrons. The molecule has 0 aliphatic rings. The first-order valence-corrected chi connectivity index (χ1v) is 5.66. The topological polar surface area (TPSA) is 65.1 Å². The largest absolute Gasteiger partial charge is 0.376 e. The third kappa shape index (κ3) is 3.04. The minimum atomic E-state index is -0.0198. The third-order valence-corrected chi connectivity index (χ3v) is 2.61. The van der Waals surface area contributed by atoms with Crippen LogP contribution in [0, 0.1) is 5.92 Å². The highest BCUT2D eigenvalue weighted by atomic mass is 16.5. The fourth-order valence-corrected chi connectivity index (χ4v) is 1.85. The van der Waals surface area contributed by atoms with E-state index in [1.54, 1.807) is 4.68 Å². The lowest BCUT2D eigenvalue weighted by atomic mass is 9.96. The van der Waals surface area contributed by atoms with Gasteiger partial charge in [-0.15, -0.1) is 0 Å². The van der Waals surface area contributed by atoms with Crippen molar-refractivity contribution in [3.63, 3.8) is 0 Å². The van der Waals surface area contributed by atoms with Gasteiger partial charge >= 0.3 is 0 Å². The summed E-state index contributed by atoms with van der Waals surface area (Å²) in [7, 11) is 1.89. The Morgan fingerprint density at radius 2 is 2.25 bits per heavy atom. The number of aryl methyl sites for hydroxylation is 1. The Morgan fingerprint density at radius 1 is 1.56 bits per heavy atom. The van der Waals surface area contributed by atoms with Crippen LogP contribution in [0.2, 0.25) is 0 Å². The summed E-state index contributed by atoms with van der Waals surface area (Å²) in [6.07, 6.45) is 3.83. The highest BCUT2D eigenvalue weighted by Gasteiger charge is 2.26. The molecule has 0 aliphatic carbocycles. The van der Waals surface area contributed by atoms with Gasteiger partial charge in [0.25, 0.3) is 0 Å². The van der Waals surface area contributed by atoms with E-state index in [0.29, 0.717) is 12.5 Å². The minimum absolute atomic E-state index is 0.0198. The van der Waals surface area contributed by atoms with Gasteiger partial charge in [0.05, 0.1) is 18.3 Å². The van der Waals surface area contributed by atoms with Crippen LogP contribution >= 0.6 is 0 Å². The maximum atomic E-state index is 5.74. The lowest BCUT2D eigenvalue weighted by molar-refractivity contribution is 0.00276. The Morgan fingerprint density at radius 3 is 2.62 bits per heavy atom. The van der Waals surface area contributed by atoms with E-state index in [9.17, 15) is 0 Å². The molecule has 3 N–H and O–H groups in total. The molecule has 1 aromatic rings. The standard InChI is InChI=1S/C11H22N4O/c1-5-16-11(8(2)3)10(14-12)9-6-13-15(4)7-9/h6-8,10-11,14H,5,12H2,1-4H3. The van der Waals surface area contributed by atoms with Crippen molar-refractivity contribution in [3.8, 4) is 0 Å². The number of hydrogen-bond donors (Lipinski definition) is 2. The van der Waals surface area contributed by atoms with Gasteiger partial charge in [-0.25, -0.2) is 0 Å². The van der Waals surface area contributed by atoms with Crippen molar-refractivity contribution < 1.29 is 4.74 Å². The van der Waals surface area contributed by atoms with Gasteiger partial charge in [0.15, 0.2) is 0 Å². The van der Waals surface area contributed by atoms with E-state index < -0.39 is 0 Å². The van der Waals surface area contributed by atoms with Crippen LogP contribution in [-0.2, 0) is 11.8 Å². The van der Waals surface area contributed by atoms with E-state index in [4.69, 9.17) is 10.6 Å². The van der Waals surface area contributed by atoms with E-state index in [0.717, 1.165) is 5.56 Å². The van der Waals surface area contributed by atoms with Crippen molar-refractivity contribution in [1.29, 1.82) is 0 Å². The highest BCUT2D eigenvalue weighted by Crippen LogP contribution is 2.23. The van der Waals surface area contributed by atoms with Crippen LogP contribution in [0.25, 0.3) is 0 Å². The van der Waals surface area contributed by atoms with Gasteiger partial charge in [-0.1, -0.05) is 13.8 Å². The van der Waals surface area contributed by atoms with Crippen LogP contribution in [0.5, 0.6) is 0 Å². The van der Waals surface area contributed by atoms with Crippen molar-refractivity contribution in [2.75, 3.05) is 6.61 Å². The zero-order chi connectivity index (χ0) is 12.1. The predicted molar refractivity (Wildman–Crippen MR) is 63.5 cm³/mol. The first-order valence-electron chi connectivity index (χ1n) is 5.66. The third-order valence-electron chi connectivity index (χ3n) is 2.61. The van der Waals surface area contributed by atoms with Crippen LogP contribution in [0.1, 0.15) is 32.4 Å². The van der Waals surface area contributed by atoms with Gasteiger partial charge in [0.2, 0.25) is 0 Å². The molecular weight excluding hydrogens is 204 g/mol. The fraction of sp³-hybridized carbons (Fsp3) is 0.727. The summed E-state index contributed by atoms with van der Waals surface area (Å²) in [5, 5.41) is 4.15. The molecule has 0 fully saturated rings. The second-order valence-corrected chi connectivity index (χ2v) is 4.26. The molecule has 0 spiro atoms. The van der Waals surface area contributed by atoms with Crippen LogP contribution in [0.4, 0.5) is 0 Å². The van der Waals surface area contributed by atoms with Gasteiger partial charge in [0, 0.05) is 25.4 Å². The molecule has 0 radical (unpaired) electrons. The van der Waals surface area contributed by atoms with E-state index in [1.807, 2.05) is 26.4 Å². The Bertz CT molecular complexity index is 311. The van der Waals surface area contributed by atoms with Crippen molar-refractivity contribution in [2.45, 2.75) is 32.9 Å². The number of hydrogen-bond acceptors (Lipinski definition) is 4. The summed E-state index contributed by atoms with van der Waals surface area (Å²) in [5.74, 6) is 6.01. The summed E-state index contributed by atoms with van der Waals surface area (Å²) in [6, 6.07) is -0.0198. The second-order valence-electron chi connectivity index (χ2n) is 4.26. The van der Waals surface area contributed by atoms with Crippen molar-refractivity contribution in [3.05, 3.63) is 18.0 Å². The molecule has 0 amide bonds. The minimum Gasteiger partial charge on any atom is -0.376 e.